The van der Waals surface area contributed by atoms with Crippen molar-refractivity contribution in [3.8, 4) is 0 Å². The summed E-state index contributed by atoms with van der Waals surface area (Å²) in [4.78, 5) is 22.3. The first-order valence-electron chi connectivity index (χ1n) is 11.4. The maximum absolute atomic E-state index is 11.6. The maximum Gasteiger partial charge on any atom is 0.305 e. The van der Waals surface area contributed by atoms with Gasteiger partial charge in [0, 0.05) is 23.8 Å². The predicted octanol–water partition coefficient (Wildman–Crippen LogP) is 3.82. The molecule has 2 N–H and O–H groups in total. The number of nitrogens with zero attached hydrogens (tertiary/aromatic N) is 5. The van der Waals surface area contributed by atoms with E-state index in [-0.39, 0.29) is 6.42 Å². The van der Waals surface area contributed by atoms with Crippen LogP contribution in [0.3, 0.4) is 0 Å². The third-order valence-electron chi connectivity index (χ3n) is 6.02. The molecule has 8 nitrogen and oxygen atoms in total. The van der Waals surface area contributed by atoms with Crippen molar-refractivity contribution in [1.29, 1.82) is 0 Å². The molecular formula is C25H26N6O2. The Hall–Kier alpha value is -3.81. The lowest BCUT2D eigenvalue weighted by atomic mass is 10.0. The van der Waals surface area contributed by atoms with Gasteiger partial charge in [0.15, 0.2) is 0 Å². The van der Waals surface area contributed by atoms with Crippen molar-refractivity contribution < 1.29 is 9.90 Å². The quantitative estimate of drug-likeness (QED) is 0.427. The van der Waals surface area contributed by atoms with E-state index < -0.39 is 12.0 Å². The minimum atomic E-state index is -0.904. The molecule has 5 rings (SSSR count). The third kappa shape index (κ3) is 4.84. The van der Waals surface area contributed by atoms with Crippen LogP contribution in [0.4, 0.5) is 5.82 Å². The first-order chi connectivity index (χ1) is 16.2. The Labute approximate surface area is 191 Å². The van der Waals surface area contributed by atoms with Crippen molar-refractivity contribution in [2.75, 3.05) is 11.9 Å². The summed E-state index contributed by atoms with van der Waals surface area (Å²) in [6.07, 6.45) is 8.08. The summed E-state index contributed by atoms with van der Waals surface area (Å²) < 4.78 is 0. The zero-order chi connectivity index (χ0) is 22.6. The van der Waals surface area contributed by atoms with Gasteiger partial charge in [0.25, 0.3) is 0 Å². The fourth-order valence-corrected chi connectivity index (χ4v) is 4.30. The number of aromatic nitrogens is 5. The Morgan fingerprint density at radius 3 is 2.91 bits per heavy atom. The fraction of sp³-hybridized carbons (Fsp3) is 0.320. The molecule has 1 aromatic carbocycles. The number of benzene rings is 1. The van der Waals surface area contributed by atoms with Crippen LogP contribution in [0.1, 0.15) is 47.8 Å². The van der Waals surface area contributed by atoms with Crippen LogP contribution in [0.2, 0.25) is 0 Å². The molecule has 0 radical (unpaired) electrons. The van der Waals surface area contributed by atoms with Gasteiger partial charge in [0.2, 0.25) is 0 Å². The van der Waals surface area contributed by atoms with Crippen molar-refractivity contribution in [2.24, 2.45) is 0 Å². The first kappa shape index (κ1) is 21.1. The van der Waals surface area contributed by atoms with Crippen LogP contribution in [0.15, 0.2) is 54.9 Å². The summed E-state index contributed by atoms with van der Waals surface area (Å²) in [5.41, 5.74) is 4.86. The van der Waals surface area contributed by atoms with Crippen LogP contribution in [0, 0.1) is 0 Å². The van der Waals surface area contributed by atoms with E-state index in [1.807, 2.05) is 30.3 Å². The molecule has 1 aliphatic heterocycles. The van der Waals surface area contributed by atoms with Gasteiger partial charge in [-0.05, 0) is 61.4 Å². The number of carboxylic acids is 1. The second-order valence-corrected chi connectivity index (χ2v) is 8.43. The molecule has 1 atom stereocenters. The summed E-state index contributed by atoms with van der Waals surface area (Å²) in [5, 5.41) is 22.8. The van der Waals surface area contributed by atoms with Crippen LogP contribution >= 0.6 is 0 Å². The number of carboxylic acid groups (broad SMARTS) is 1. The number of nitrogens with one attached hydrogen (secondary N) is 1. The number of para-hydroxylation sites is 1. The second-order valence-electron chi connectivity index (χ2n) is 8.43. The van der Waals surface area contributed by atoms with Crippen molar-refractivity contribution in [2.45, 2.75) is 44.6 Å². The lowest BCUT2D eigenvalue weighted by molar-refractivity contribution is -0.137. The van der Waals surface area contributed by atoms with E-state index in [9.17, 15) is 9.90 Å². The molecule has 0 fully saturated rings. The summed E-state index contributed by atoms with van der Waals surface area (Å²) in [7, 11) is 0. The molecule has 4 heterocycles. The Balaban J connectivity index is 1.28. The van der Waals surface area contributed by atoms with Gasteiger partial charge in [0.05, 0.1) is 23.8 Å². The number of hydrogen-bond donors (Lipinski definition) is 2. The molecule has 0 spiro atoms. The van der Waals surface area contributed by atoms with Gasteiger partial charge in [-0.2, -0.15) is 15.0 Å². The number of fused-ring (bicyclic) bond motifs is 2. The highest BCUT2D eigenvalue weighted by molar-refractivity contribution is 5.79. The van der Waals surface area contributed by atoms with Gasteiger partial charge in [0.1, 0.15) is 11.9 Å². The Kier molecular flexibility index (Phi) is 5.97. The minimum Gasteiger partial charge on any atom is -0.481 e. The molecule has 1 aliphatic rings. The van der Waals surface area contributed by atoms with E-state index in [0.29, 0.717) is 0 Å². The topological polar surface area (TPSA) is 106 Å². The van der Waals surface area contributed by atoms with Gasteiger partial charge in [-0.15, -0.1) is 0 Å². The number of aryl methyl sites for hydroxylation is 3. The number of carbonyl (C=O) groups is 1. The van der Waals surface area contributed by atoms with Gasteiger partial charge >= 0.3 is 5.97 Å². The molecule has 8 heteroatoms. The van der Waals surface area contributed by atoms with Crippen LogP contribution in [0.5, 0.6) is 0 Å². The SMILES string of the molecule is O=C(O)C[C@H](c1cnc2ccccc2c1)n1ncc(CCCc2ccc3c(n2)NCCC3)n1. The van der Waals surface area contributed by atoms with Crippen LogP contribution in [-0.2, 0) is 24.1 Å². The molecule has 3 aromatic heterocycles. The third-order valence-corrected chi connectivity index (χ3v) is 6.02. The summed E-state index contributed by atoms with van der Waals surface area (Å²) in [6.45, 7) is 0.983. The number of rotatable bonds is 8. The molecule has 0 saturated heterocycles. The molecule has 0 saturated carbocycles. The average Bonchev–Trinajstić information content (AvgIpc) is 3.30. The van der Waals surface area contributed by atoms with E-state index in [1.165, 1.54) is 10.4 Å². The molecule has 168 valence electrons. The zero-order valence-electron chi connectivity index (χ0n) is 18.3. The monoisotopic (exact) mass is 442 g/mol. The lowest BCUT2D eigenvalue weighted by Gasteiger charge is -2.17. The van der Waals surface area contributed by atoms with Gasteiger partial charge in [-0.3, -0.25) is 9.78 Å². The molecule has 0 aliphatic carbocycles. The average molecular weight is 443 g/mol. The maximum atomic E-state index is 11.6. The smallest absolute Gasteiger partial charge is 0.305 e. The number of pyridine rings is 2. The number of anilines is 1. The molecular weight excluding hydrogens is 416 g/mol. The van der Waals surface area contributed by atoms with Gasteiger partial charge in [-0.25, -0.2) is 4.98 Å². The highest BCUT2D eigenvalue weighted by Gasteiger charge is 2.21. The second kappa shape index (κ2) is 9.36. The van der Waals surface area contributed by atoms with Crippen LogP contribution in [-0.4, -0.2) is 42.6 Å². The first-order valence-corrected chi connectivity index (χ1v) is 11.4. The largest absolute Gasteiger partial charge is 0.481 e. The van der Waals surface area contributed by atoms with Crippen molar-refractivity contribution >= 4 is 22.7 Å². The zero-order valence-corrected chi connectivity index (χ0v) is 18.3. The standard InChI is InChI=1S/C25H26N6O2/c32-24(33)14-23(19-13-18-5-1-2-9-22(18)27-15-19)31-28-16-21(30-31)8-3-7-20-11-10-17-6-4-12-26-25(17)29-20/h1-2,5,9-11,13,15-16,23H,3-4,6-8,12,14H2,(H,26,29)(H,32,33)/t23-/m1/s1. The highest BCUT2D eigenvalue weighted by Crippen LogP contribution is 2.24. The number of aliphatic carboxylic acids is 1. The van der Waals surface area contributed by atoms with E-state index in [0.717, 1.165) is 72.3 Å². The van der Waals surface area contributed by atoms with Crippen molar-refractivity contribution in [1.82, 2.24) is 25.0 Å². The molecule has 4 aromatic rings. The fourth-order valence-electron chi connectivity index (χ4n) is 4.30. The highest BCUT2D eigenvalue weighted by atomic mass is 16.4. The lowest BCUT2D eigenvalue weighted by Crippen LogP contribution is -2.18. The van der Waals surface area contributed by atoms with E-state index >= 15 is 0 Å². The van der Waals surface area contributed by atoms with Crippen molar-refractivity contribution in [3.63, 3.8) is 0 Å². The number of hydrogen-bond acceptors (Lipinski definition) is 6. The minimum absolute atomic E-state index is 0.111. The summed E-state index contributed by atoms with van der Waals surface area (Å²) >= 11 is 0. The predicted molar refractivity (Wildman–Crippen MR) is 125 cm³/mol. The van der Waals surface area contributed by atoms with Gasteiger partial charge < -0.3 is 10.4 Å². The van der Waals surface area contributed by atoms with Gasteiger partial charge in [-0.1, -0.05) is 24.3 Å². The molecule has 33 heavy (non-hydrogen) atoms. The van der Waals surface area contributed by atoms with Crippen molar-refractivity contribution in [3.05, 3.63) is 77.4 Å². The normalized spacial score (nSPS) is 13.9. The Morgan fingerprint density at radius 2 is 2.00 bits per heavy atom. The molecule has 0 unspecified atom stereocenters. The van der Waals surface area contributed by atoms with Crippen LogP contribution in [0.25, 0.3) is 10.9 Å². The summed E-state index contributed by atoms with van der Waals surface area (Å²) in [5.74, 6) is 0.115. The Morgan fingerprint density at radius 1 is 1.12 bits per heavy atom. The summed E-state index contributed by atoms with van der Waals surface area (Å²) in [6, 6.07) is 13.5. The van der Waals surface area contributed by atoms with E-state index in [4.69, 9.17) is 4.98 Å². The van der Waals surface area contributed by atoms with Crippen LogP contribution < -0.4 is 5.32 Å². The van der Waals surface area contributed by atoms with E-state index in [1.54, 1.807) is 12.4 Å². The van der Waals surface area contributed by atoms with E-state index in [2.05, 4.69) is 32.6 Å². The molecule has 0 amide bonds. The molecule has 0 bridgehead atoms. The Bertz CT molecular complexity index is 1280.